The highest BCUT2D eigenvalue weighted by atomic mass is 16.5. The fraction of sp³-hybridized carbons (Fsp3) is 1.00. The van der Waals surface area contributed by atoms with Gasteiger partial charge < -0.3 is 10.5 Å². The summed E-state index contributed by atoms with van der Waals surface area (Å²) in [5.41, 5.74) is 5.96. The zero-order chi connectivity index (χ0) is 9.24. The number of nitrogens with two attached hydrogens (primary N) is 1. The van der Waals surface area contributed by atoms with Crippen molar-refractivity contribution in [1.29, 1.82) is 0 Å². The zero-order valence-corrected chi connectivity index (χ0v) is 8.52. The van der Waals surface area contributed by atoms with Crippen molar-refractivity contribution in [3.63, 3.8) is 0 Å². The fourth-order valence-electron chi connectivity index (χ4n) is 1.62. The molecule has 0 aromatic heterocycles. The van der Waals surface area contributed by atoms with Crippen LogP contribution in [0.15, 0.2) is 0 Å². The molecule has 1 unspecified atom stereocenters. The topological polar surface area (TPSA) is 35.2 Å². The predicted molar refractivity (Wildman–Crippen MR) is 51.0 cm³/mol. The van der Waals surface area contributed by atoms with E-state index < -0.39 is 0 Å². The molecule has 0 bridgehead atoms. The second-order valence-corrected chi connectivity index (χ2v) is 4.94. The molecule has 0 aromatic rings. The highest BCUT2D eigenvalue weighted by Gasteiger charge is 2.34. The van der Waals surface area contributed by atoms with Gasteiger partial charge in [0.05, 0.1) is 12.2 Å². The van der Waals surface area contributed by atoms with Crippen LogP contribution in [-0.4, -0.2) is 18.8 Å². The van der Waals surface area contributed by atoms with Crippen LogP contribution >= 0.6 is 0 Å². The Labute approximate surface area is 75.5 Å². The van der Waals surface area contributed by atoms with Gasteiger partial charge in [-0.3, -0.25) is 0 Å². The molecule has 2 nitrogen and oxygen atoms in total. The minimum atomic E-state index is 0.0598. The van der Waals surface area contributed by atoms with Gasteiger partial charge in [-0.1, -0.05) is 13.8 Å². The van der Waals surface area contributed by atoms with E-state index in [1.54, 1.807) is 0 Å². The molecule has 1 heterocycles. The average Bonchev–Trinajstić information content (AvgIpc) is 1.98. The Kier molecular flexibility index (Phi) is 2.79. The van der Waals surface area contributed by atoms with Crippen molar-refractivity contribution >= 4 is 0 Å². The predicted octanol–water partition coefficient (Wildman–Crippen LogP) is 1.93. The van der Waals surface area contributed by atoms with Gasteiger partial charge in [-0.15, -0.1) is 0 Å². The van der Waals surface area contributed by atoms with Gasteiger partial charge in [0.1, 0.15) is 0 Å². The second-order valence-electron chi connectivity index (χ2n) is 4.94. The lowest BCUT2D eigenvalue weighted by atomic mass is 9.80. The first-order valence-electron chi connectivity index (χ1n) is 4.82. The lowest BCUT2D eigenvalue weighted by molar-refractivity contribution is -0.116. The van der Waals surface area contributed by atoms with Crippen LogP contribution in [0.25, 0.3) is 0 Å². The van der Waals surface area contributed by atoms with Crippen LogP contribution in [0.3, 0.4) is 0 Å². The SMILES string of the molecule is CC1(C)CCC(C)(CCN)OC1. The summed E-state index contributed by atoms with van der Waals surface area (Å²) in [4.78, 5) is 0. The van der Waals surface area contributed by atoms with E-state index in [9.17, 15) is 0 Å². The monoisotopic (exact) mass is 171 g/mol. The first-order chi connectivity index (χ1) is 5.47. The van der Waals surface area contributed by atoms with Crippen molar-refractivity contribution < 1.29 is 4.74 Å². The van der Waals surface area contributed by atoms with E-state index in [1.807, 2.05) is 0 Å². The minimum Gasteiger partial charge on any atom is -0.375 e. The minimum absolute atomic E-state index is 0.0598. The number of rotatable bonds is 2. The van der Waals surface area contributed by atoms with Gasteiger partial charge in [0, 0.05) is 0 Å². The van der Waals surface area contributed by atoms with Gasteiger partial charge in [-0.25, -0.2) is 0 Å². The van der Waals surface area contributed by atoms with Crippen molar-refractivity contribution in [3.8, 4) is 0 Å². The Balaban J connectivity index is 2.44. The molecule has 12 heavy (non-hydrogen) atoms. The number of hydrogen-bond acceptors (Lipinski definition) is 2. The van der Waals surface area contributed by atoms with Gasteiger partial charge >= 0.3 is 0 Å². The normalized spacial score (nSPS) is 35.0. The molecule has 2 N–H and O–H groups in total. The van der Waals surface area contributed by atoms with Crippen molar-refractivity contribution in [2.24, 2.45) is 11.1 Å². The largest absolute Gasteiger partial charge is 0.375 e. The van der Waals surface area contributed by atoms with Crippen LogP contribution in [0.4, 0.5) is 0 Å². The van der Waals surface area contributed by atoms with Gasteiger partial charge in [0.25, 0.3) is 0 Å². The van der Waals surface area contributed by atoms with E-state index in [4.69, 9.17) is 10.5 Å². The molecule has 0 spiro atoms. The summed E-state index contributed by atoms with van der Waals surface area (Å²) >= 11 is 0. The third-order valence-electron chi connectivity index (χ3n) is 2.82. The molecule has 1 rings (SSSR count). The zero-order valence-electron chi connectivity index (χ0n) is 8.52. The van der Waals surface area contributed by atoms with Gasteiger partial charge in [0.15, 0.2) is 0 Å². The molecule has 1 aliphatic rings. The maximum atomic E-state index is 5.84. The lowest BCUT2D eigenvalue weighted by Gasteiger charge is -2.41. The van der Waals surface area contributed by atoms with Crippen LogP contribution in [0.5, 0.6) is 0 Å². The summed E-state index contributed by atoms with van der Waals surface area (Å²) in [5, 5.41) is 0. The summed E-state index contributed by atoms with van der Waals surface area (Å²) in [7, 11) is 0. The second kappa shape index (κ2) is 3.35. The molecule has 0 radical (unpaired) electrons. The van der Waals surface area contributed by atoms with Gasteiger partial charge in [-0.05, 0) is 38.1 Å². The molecule has 1 aliphatic heterocycles. The number of ether oxygens (including phenoxy) is 1. The van der Waals surface area contributed by atoms with E-state index in [2.05, 4.69) is 20.8 Å². The number of hydrogen-bond donors (Lipinski definition) is 1. The maximum Gasteiger partial charge on any atom is 0.0667 e. The Bertz CT molecular complexity index is 144. The third kappa shape index (κ3) is 2.46. The quantitative estimate of drug-likeness (QED) is 0.689. The van der Waals surface area contributed by atoms with Crippen molar-refractivity contribution in [2.45, 2.75) is 45.6 Å². The standard InChI is InChI=1S/C10H21NO/c1-9(2)4-5-10(3,6-7-11)12-8-9/h4-8,11H2,1-3H3. The van der Waals surface area contributed by atoms with Crippen molar-refractivity contribution in [3.05, 3.63) is 0 Å². The fourth-order valence-corrected chi connectivity index (χ4v) is 1.62. The van der Waals surface area contributed by atoms with Crippen LogP contribution in [-0.2, 0) is 4.74 Å². The van der Waals surface area contributed by atoms with E-state index >= 15 is 0 Å². The molecule has 2 heteroatoms. The first kappa shape index (κ1) is 10.0. The highest BCUT2D eigenvalue weighted by Crippen LogP contribution is 2.36. The molecule has 0 aliphatic carbocycles. The molecule has 0 aromatic carbocycles. The summed E-state index contributed by atoms with van der Waals surface area (Å²) in [6, 6.07) is 0. The lowest BCUT2D eigenvalue weighted by Crippen LogP contribution is -2.41. The molecule has 0 saturated carbocycles. The molecular formula is C10H21NO. The Morgan fingerprint density at radius 1 is 1.25 bits per heavy atom. The smallest absolute Gasteiger partial charge is 0.0667 e. The summed E-state index contributed by atoms with van der Waals surface area (Å²) in [6.45, 7) is 8.31. The maximum absolute atomic E-state index is 5.84. The third-order valence-corrected chi connectivity index (χ3v) is 2.82. The summed E-state index contributed by atoms with van der Waals surface area (Å²) in [6.07, 6.45) is 3.39. The van der Waals surface area contributed by atoms with E-state index in [0.717, 1.165) is 26.0 Å². The summed E-state index contributed by atoms with van der Waals surface area (Å²) < 4.78 is 5.84. The van der Waals surface area contributed by atoms with Crippen LogP contribution in [0, 0.1) is 5.41 Å². The average molecular weight is 171 g/mol. The highest BCUT2D eigenvalue weighted by molar-refractivity contribution is 4.85. The van der Waals surface area contributed by atoms with E-state index in [-0.39, 0.29) is 5.60 Å². The molecular weight excluding hydrogens is 150 g/mol. The van der Waals surface area contributed by atoms with Gasteiger partial charge in [0.2, 0.25) is 0 Å². The Hall–Kier alpha value is -0.0800. The van der Waals surface area contributed by atoms with E-state index in [1.165, 1.54) is 6.42 Å². The molecule has 72 valence electrons. The van der Waals surface area contributed by atoms with Crippen LogP contribution in [0.1, 0.15) is 40.0 Å². The molecule has 1 saturated heterocycles. The van der Waals surface area contributed by atoms with Crippen molar-refractivity contribution in [1.82, 2.24) is 0 Å². The Morgan fingerprint density at radius 2 is 1.92 bits per heavy atom. The molecule has 1 atom stereocenters. The van der Waals surface area contributed by atoms with E-state index in [0.29, 0.717) is 5.41 Å². The Morgan fingerprint density at radius 3 is 2.33 bits per heavy atom. The van der Waals surface area contributed by atoms with Crippen LogP contribution in [0.2, 0.25) is 0 Å². The van der Waals surface area contributed by atoms with Crippen molar-refractivity contribution in [2.75, 3.05) is 13.2 Å². The first-order valence-corrected chi connectivity index (χ1v) is 4.82. The molecule has 1 fully saturated rings. The van der Waals surface area contributed by atoms with Gasteiger partial charge in [-0.2, -0.15) is 0 Å². The summed E-state index contributed by atoms with van der Waals surface area (Å²) in [5.74, 6) is 0. The van der Waals surface area contributed by atoms with Crippen LogP contribution < -0.4 is 5.73 Å². The molecule has 0 amide bonds.